The van der Waals surface area contributed by atoms with Crippen LogP contribution in [0.3, 0.4) is 0 Å². The lowest BCUT2D eigenvalue weighted by Crippen LogP contribution is -1.73. The zero-order chi connectivity index (χ0) is 8.36. The molecule has 0 heteroatoms. The molecule has 0 aliphatic rings. The van der Waals surface area contributed by atoms with Gasteiger partial charge in [0.15, 0.2) is 0 Å². The Kier molecular flexibility index (Phi) is 8.71. The van der Waals surface area contributed by atoms with Crippen LogP contribution in [0.25, 0.3) is 0 Å². The van der Waals surface area contributed by atoms with Gasteiger partial charge >= 0.3 is 0 Å². The molecular formula is C11H18. The first kappa shape index (κ1) is 10.3. The third-order valence-electron chi connectivity index (χ3n) is 1.63. The van der Waals surface area contributed by atoms with Crippen LogP contribution in [0.1, 0.15) is 45.4 Å². The Balaban J connectivity index is 2.96. The zero-order valence-electron chi connectivity index (χ0n) is 7.47. The van der Waals surface area contributed by atoms with Gasteiger partial charge in [-0.05, 0) is 12.8 Å². The molecule has 0 saturated heterocycles. The van der Waals surface area contributed by atoms with E-state index in [9.17, 15) is 0 Å². The lowest BCUT2D eigenvalue weighted by molar-refractivity contribution is 0.674. The molecule has 0 aromatic heterocycles. The molecule has 0 N–H and O–H groups in total. The summed E-state index contributed by atoms with van der Waals surface area (Å²) in [5, 5.41) is 0. The smallest absolute Gasteiger partial charge is 0.0267 e. The van der Waals surface area contributed by atoms with E-state index in [1.165, 1.54) is 32.1 Å². The van der Waals surface area contributed by atoms with Crippen LogP contribution in [0.4, 0.5) is 0 Å². The molecule has 0 rings (SSSR count). The SMILES string of the molecule is C#CC/C=C/CCCCCC. The third-order valence-corrected chi connectivity index (χ3v) is 1.63. The van der Waals surface area contributed by atoms with Gasteiger partial charge < -0.3 is 0 Å². The second-order valence-electron chi connectivity index (χ2n) is 2.73. The molecular weight excluding hydrogens is 132 g/mol. The molecule has 0 unspecified atom stereocenters. The molecule has 0 spiro atoms. The standard InChI is InChI=1S/C11H18/c1-3-5-7-9-11-10-8-6-4-2/h1,7,9H,4-6,8,10-11H2,2H3/b9-7+. The number of hydrogen-bond donors (Lipinski definition) is 0. The van der Waals surface area contributed by atoms with Crippen LogP contribution < -0.4 is 0 Å². The Morgan fingerprint density at radius 2 is 2.00 bits per heavy atom. The predicted octanol–water partition coefficient (Wildman–Crippen LogP) is 3.54. The summed E-state index contributed by atoms with van der Waals surface area (Å²) in [6.07, 6.45) is 16.7. The summed E-state index contributed by atoms with van der Waals surface area (Å²) >= 11 is 0. The average molecular weight is 150 g/mol. The van der Waals surface area contributed by atoms with Crippen LogP contribution in [-0.4, -0.2) is 0 Å². The van der Waals surface area contributed by atoms with Gasteiger partial charge in [0.2, 0.25) is 0 Å². The van der Waals surface area contributed by atoms with Gasteiger partial charge in [0.1, 0.15) is 0 Å². The first-order chi connectivity index (χ1) is 5.41. The summed E-state index contributed by atoms with van der Waals surface area (Å²) in [6.45, 7) is 2.23. The van der Waals surface area contributed by atoms with Crippen molar-refractivity contribution < 1.29 is 0 Å². The molecule has 0 fully saturated rings. The lowest BCUT2D eigenvalue weighted by Gasteiger charge is -1.92. The van der Waals surface area contributed by atoms with E-state index in [1.807, 2.05) is 0 Å². The van der Waals surface area contributed by atoms with Crippen LogP contribution in [0.5, 0.6) is 0 Å². The molecule has 0 aliphatic carbocycles. The molecule has 62 valence electrons. The quantitative estimate of drug-likeness (QED) is 0.308. The first-order valence-electron chi connectivity index (χ1n) is 4.50. The summed E-state index contributed by atoms with van der Waals surface area (Å²) in [5.41, 5.74) is 0. The van der Waals surface area contributed by atoms with Crippen LogP contribution >= 0.6 is 0 Å². The fourth-order valence-corrected chi connectivity index (χ4v) is 0.958. The van der Waals surface area contributed by atoms with Crippen molar-refractivity contribution in [2.24, 2.45) is 0 Å². The maximum Gasteiger partial charge on any atom is 0.0267 e. The normalized spacial score (nSPS) is 10.2. The van der Waals surface area contributed by atoms with Crippen LogP contribution in [0.15, 0.2) is 12.2 Å². The number of hydrogen-bond acceptors (Lipinski definition) is 0. The van der Waals surface area contributed by atoms with Crippen molar-refractivity contribution in [1.29, 1.82) is 0 Å². The molecule has 0 atom stereocenters. The van der Waals surface area contributed by atoms with E-state index in [0.717, 1.165) is 6.42 Å². The van der Waals surface area contributed by atoms with Crippen LogP contribution in [-0.2, 0) is 0 Å². The summed E-state index contributed by atoms with van der Waals surface area (Å²) in [7, 11) is 0. The predicted molar refractivity (Wildman–Crippen MR) is 51.3 cm³/mol. The van der Waals surface area contributed by atoms with E-state index in [2.05, 4.69) is 25.0 Å². The van der Waals surface area contributed by atoms with Gasteiger partial charge in [0.25, 0.3) is 0 Å². The fourth-order valence-electron chi connectivity index (χ4n) is 0.958. The Morgan fingerprint density at radius 1 is 1.18 bits per heavy atom. The Labute approximate surface area is 70.7 Å². The molecule has 0 nitrogen and oxygen atoms in total. The number of unbranched alkanes of at least 4 members (excludes halogenated alkanes) is 4. The summed E-state index contributed by atoms with van der Waals surface area (Å²) in [4.78, 5) is 0. The average Bonchev–Trinajstić information content (AvgIpc) is 2.03. The van der Waals surface area contributed by atoms with E-state index in [-0.39, 0.29) is 0 Å². The van der Waals surface area contributed by atoms with Crippen molar-refractivity contribution in [1.82, 2.24) is 0 Å². The van der Waals surface area contributed by atoms with Crippen LogP contribution in [0.2, 0.25) is 0 Å². The molecule has 0 amide bonds. The Bertz CT molecular complexity index is 125. The van der Waals surface area contributed by atoms with Gasteiger partial charge in [0.05, 0.1) is 0 Å². The minimum atomic E-state index is 0.785. The highest BCUT2D eigenvalue weighted by Gasteiger charge is 1.83. The maximum absolute atomic E-state index is 5.09. The van der Waals surface area contributed by atoms with E-state index in [4.69, 9.17) is 6.42 Å². The third kappa shape index (κ3) is 9.30. The molecule has 11 heavy (non-hydrogen) atoms. The van der Waals surface area contributed by atoms with Gasteiger partial charge in [0, 0.05) is 6.42 Å². The maximum atomic E-state index is 5.09. The summed E-state index contributed by atoms with van der Waals surface area (Å²) in [6, 6.07) is 0. The van der Waals surface area contributed by atoms with Crippen molar-refractivity contribution in [3.8, 4) is 12.3 Å². The zero-order valence-corrected chi connectivity index (χ0v) is 7.47. The second-order valence-corrected chi connectivity index (χ2v) is 2.73. The van der Waals surface area contributed by atoms with E-state index >= 15 is 0 Å². The highest BCUT2D eigenvalue weighted by Crippen LogP contribution is 2.02. The van der Waals surface area contributed by atoms with Crippen molar-refractivity contribution >= 4 is 0 Å². The monoisotopic (exact) mass is 150 g/mol. The molecule has 0 bridgehead atoms. The fraction of sp³-hybridized carbons (Fsp3) is 0.636. The molecule has 0 heterocycles. The second kappa shape index (κ2) is 9.30. The van der Waals surface area contributed by atoms with Crippen molar-refractivity contribution in [2.75, 3.05) is 0 Å². The molecule has 0 saturated carbocycles. The summed E-state index contributed by atoms with van der Waals surface area (Å²) in [5.74, 6) is 2.58. The van der Waals surface area contributed by atoms with Gasteiger partial charge in [-0.3, -0.25) is 0 Å². The van der Waals surface area contributed by atoms with Gasteiger partial charge in [-0.25, -0.2) is 0 Å². The van der Waals surface area contributed by atoms with Gasteiger partial charge in [-0.1, -0.05) is 38.3 Å². The summed E-state index contributed by atoms with van der Waals surface area (Å²) < 4.78 is 0. The molecule has 0 aromatic rings. The number of terminal acetylenes is 1. The number of rotatable bonds is 6. The van der Waals surface area contributed by atoms with Gasteiger partial charge in [-0.15, -0.1) is 12.3 Å². The lowest BCUT2D eigenvalue weighted by atomic mass is 10.1. The highest BCUT2D eigenvalue weighted by molar-refractivity contribution is 4.96. The number of allylic oxidation sites excluding steroid dienone is 2. The Morgan fingerprint density at radius 3 is 2.64 bits per heavy atom. The molecule has 0 aliphatic heterocycles. The van der Waals surface area contributed by atoms with Crippen LogP contribution in [0, 0.1) is 12.3 Å². The van der Waals surface area contributed by atoms with Gasteiger partial charge in [-0.2, -0.15) is 0 Å². The van der Waals surface area contributed by atoms with E-state index < -0.39 is 0 Å². The molecule has 0 aromatic carbocycles. The van der Waals surface area contributed by atoms with E-state index in [1.54, 1.807) is 0 Å². The first-order valence-corrected chi connectivity index (χ1v) is 4.50. The highest BCUT2D eigenvalue weighted by atomic mass is 13.9. The van der Waals surface area contributed by atoms with Crippen molar-refractivity contribution in [3.63, 3.8) is 0 Å². The topological polar surface area (TPSA) is 0 Å². The minimum absolute atomic E-state index is 0.785. The van der Waals surface area contributed by atoms with E-state index in [0.29, 0.717) is 0 Å². The minimum Gasteiger partial charge on any atom is -0.120 e. The van der Waals surface area contributed by atoms with Crippen molar-refractivity contribution in [3.05, 3.63) is 12.2 Å². The Hall–Kier alpha value is -0.700. The largest absolute Gasteiger partial charge is 0.120 e. The van der Waals surface area contributed by atoms with Crippen molar-refractivity contribution in [2.45, 2.75) is 45.4 Å². The molecule has 0 radical (unpaired) electrons.